The normalized spacial score (nSPS) is 12.3. The minimum Gasteiger partial charge on any atom is -0.166 e. The van der Waals surface area contributed by atoms with Crippen LogP contribution in [0, 0.1) is 0 Å². The maximum atomic E-state index is 12.6. The molecule has 0 radical (unpaired) electrons. The first-order chi connectivity index (χ1) is 9.32. The van der Waals surface area contributed by atoms with E-state index in [0.29, 0.717) is 5.69 Å². The van der Waals surface area contributed by atoms with Crippen LogP contribution in [0.2, 0.25) is 10.0 Å². The molecule has 0 saturated carbocycles. The van der Waals surface area contributed by atoms with Crippen LogP contribution < -0.4 is 0 Å². The second-order valence-corrected chi connectivity index (χ2v) is 4.66. The lowest BCUT2D eigenvalue weighted by molar-refractivity contribution is -0.137. The van der Waals surface area contributed by atoms with Crippen LogP contribution in [-0.2, 0) is 6.18 Å². The van der Waals surface area contributed by atoms with E-state index in [1.165, 1.54) is 6.20 Å². The predicted molar refractivity (Wildman–Crippen MR) is 71.1 cm³/mol. The molecule has 0 spiro atoms. The van der Waals surface area contributed by atoms with Crippen molar-refractivity contribution in [2.24, 2.45) is 0 Å². The second-order valence-electron chi connectivity index (χ2n) is 3.85. The van der Waals surface area contributed by atoms with Gasteiger partial charge in [-0.3, -0.25) is 0 Å². The summed E-state index contributed by atoms with van der Waals surface area (Å²) in [5, 5.41) is 7.63. The average Bonchev–Trinajstić information content (AvgIpc) is 2.76. The van der Waals surface area contributed by atoms with E-state index in [-0.39, 0.29) is 15.7 Å². The van der Waals surface area contributed by atoms with E-state index in [2.05, 4.69) is 10.2 Å². The number of benzene rings is 1. The van der Waals surface area contributed by atoms with Gasteiger partial charge in [-0.05, 0) is 25.1 Å². The SMILES string of the molecule is CC=Cc1cnn(-c2c(Cl)cc(C(F)(F)F)cc2Cl)n1. The van der Waals surface area contributed by atoms with Gasteiger partial charge in [-0.25, -0.2) is 0 Å². The summed E-state index contributed by atoms with van der Waals surface area (Å²) in [5.41, 5.74) is -0.270. The largest absolute Gasteiger partial charge is 0.416 e. The molecule has 0 atom stereocenters. The van der Waals surface area contributed by atoms with Crippen LogP contribution >= 0.6 is 23.2 Å². The van der Waals surface area contributed by atoms with Gasteiger partial charge in [-0.1, -0.05) is 29.3 Å². The Bertz CT molecular complexity index is 639. The Labute approximate surface area is 122 Å². The zero-order chi connectivity index (χ0) is 14.9. The van der Waals surface area contributed by atoms with E-state index in [4.69, 9.17) is 23.2 Å². The van der Waals surface area contributed by atoms with Crippen LogP contribution in [-0.4, -0.2) is 15.0 Å². The van der Waals surface area contributed by atoms with Gasteiger partial charge in [-0.15, -0.1) is 9.90 Å². The molecular weight excluding hydrogens is 314 g/mol. The van der Waals surface area contributed by atoms with Crippen LogP contribution in [0.15, 0.2) is 24.4 Å². The summed E-state index contributed by atoms with van der Waals surface area (Å²) >= 11 is 11.7. The molecule has 0 aliphatic carbocycles. The summed E-state index contributed by atoms with van der Waals surface area (Å²) in [4.78, 5) is 1.10. The number of hydrogen-bond donors (Lipinski definition) is 0. The molecule has 1 aromatic carbocycles. The van der Waals surface area contributed by atoms with Gasteiger partial charge < -0.3 is 0 Å². The van der Waals surface area contributed by atoms with Gasteiger partial charge in [0.2, 0.25) is 0 Å². The van der Waals surface area contributed by atoms with Crippen molar-refractivity contribution in [3.05, 3.63) is 45.7 Å². The van der Waals surface area contributed by atoms with Gasteiger partial charge in [0.05, 0.1) is 21.8 Å². The molecule has 1 heterocycles. The first kappa shape index (κ1) is 14.9. The maximum absolute atomic E-state index is 12.6. The van der Waals surface area contributed by atoms with Crippen molar-refractivity contribution in [1.82, 2.24) is 15.0 Å². The molecule has 0 bridgehead atoms. The third-order valence-corrected chi connectivity index (χ3v) is 2.97. The van der Waals surface area contributed by atoms with Crippen LogP contribution in [0.5, 0.6) is 0 Å². The van der Waals surface area contributed by atoms with Gasteiger partial charge in [0.25, 0.3) is 0 Å². The van der Waals surface area contributed by atoms with Gasteiger partial charge in [0, 0.05) is 0 Å². The first-order valence-corrected chi connectivity index (χ1v) is 6.20. The highest BCUT2D eigenvalue weighted by atomic mass is 35.5. The van der Waals surface area contributed by atoms with Crippen LogP contribution in [0.1, 0.15) is 18.2 Å². The summed E-state index contributed by atoms with van der Waals surface area (Å²) in [6, 6.07) is 1.59. The van der Waals surface area contributed by atoms with Crippen molar-refractivity contribution in [3.63, 3.8) is 0 Å². The quantitative estimate of drug-likeness (QED) is 0.807. The number of allylic oxidation sites excluding steroid dienone is 1. The van der Waals surface area contributed by atoms with Crippen molar-refractivity contribution in [1.29, 1.82) is 0 Å². The minimum absolute atomic E-state index is 0.108. The van der Waals surface area contributed by atoms with Gasteiger partial charge in [0.15, 0.2) is 0 Å². The number of halogens is 5. The van der Waals surface area contributed by atoms with E-state index < -0.39 is 11.7 Å². The Balaban J connectivity index is 2.52. The summed E-state index contributed by atoms with van der Waals surface area (Å²) in [7, 11) is 0. The van der Waals surface area contributed by atoms with Crippen LogP contribution in [0.4, 0.5) is 13.2 Å². The Morgan fingerprint density at radius 3 is 2.30 bits per heavy atom. The van der Waals surface area contributed by atoms with Crippen molar-refractivity contribution in [3.8, 4) is 5.69 Å². The Hall–Kier alpha value is -1.53. The Morgan fingerprint density at radius 2 is 1.80 bits per heavy atom. The first-order valence-electron chi connectivity index (χ1n) is 5.44. The van der Waals surface area contributed by atoms with E-state index in [0.717, 1.165) is 16.9 Å². The Kier molecular flexibility index (Phi) is 4.06. The molecule has 3 nitrogen and oxygen atoms in total. The highest BCUT2D eigenvalue weighted by Gasteiger charge is 2.32. The van der Waals surface area contributed by atoms with E-state index in [1.807, 2.05) is 0 Å². The maximum Gasteiger partial charge on any atom is 0.416 e. The second kappa shape index (κ2) is 5.46. The highest BCUT2D eigenvalue weighted by molar-refractivity contribution is 6.37. The number of alkyl halides is 3. The standard InChI is InChI=1S/C12H8Cl2F3N3/c1-2-3-8-6-18-20(19-8)11-9(13)4-7(5-10(11)14)12(15,16)17/h2-6H,1H3. The fraction of sp³-hybridized carbons (Fsp3) is 0.167. The third-order valence-electron chi connectivity index (χ3n) is 2.39. The van der Waals surface area contributed by atoms with Gasteiger partial charge in [-0.2, -0.15) is 18.3 Å². The lowest BCUT2D eigenvalue weighted by atomic mass is 10.2. The molecule has 106 valence electrons. The van der Waals surface area contributed by atoms with E-state index in [9.17, 15) is 13.2 Å². The average molecular weight is 322 g/mol. The molecule has 1 aromatic heterocycles. The highest BCUT2D eigenvalue weighted by Crippen LogP contribution is 2.37. The number of rotatable bonds is 2. The molecule has 0 aliphatic rings. The minimum atomic E-state index is -4.51. The van der Waals surface area contributed by atoms with E-state index in [1.54, 1.807) is 19.1 Å². The van der Waals surface area contributed by atoms with Crippen molar-refractivity contribution < 1.29 is 13.2 Å². The zero-order valence-electron chi connectivity index (χ0n) is 10.1. The fourth-order valence-electron chi connectivity index (χ4n) is 1.55. The summed E-state index contributed by atoms with van der Waals surface area (Å²) in [6.07, 6.45) is 0.378. The predicted octanol–water partition coefficient (Wildman–Crippen LogP) is 4.63. The van der Waals surface area contributed by atoms with Crippen molar-refractivity contribution in [2.45, 2.75) is 13.1 Å². The van der Waals surface area contributed by atoms with Crippen molar-refractivity contribution >= 4 is 29.3 Å². The molecule has 0 saturated heterocycles. The van der Waals surface area contributed by atoms with Gasteiger partial charge >= 0.3 is 6.18 Å². The molecule has 0 amide bonds. The van der Waals surface area contributed by atoms with Gasteiger partial charge in [0.1, 0.15) is 11.4 Å². The van der Waals surface area contributed by atoms with Crippen LogP contribution in [0.3, 0.4) is 0 Å². The third kappa shape index (κ3) is 2.96. The Morgan fingerprint density at radius 1 is 1.20 bits per heavy atom. The molecule has 8 heteroatoms. The molecule has 0 aliphatic heterocycles. The molecule has 0 N–H and O–H groups in total. The number of aromatic nitrogens is 3. The molecule has 0 fully saturated rings. The molecule has 2 aromatic rings. The molecule has 2 rings (SSSR count). The molecular formula is C12H8Cl2F3N3. The molecule has 0 unspecified atom stereocenters. The number of nitrogens with zero attached hydrogens (tertiary/aromatic N) is 3. The summed E-state index contributed by atoms with van der Waals surface area (Å²) in [5.74, 6) is 0. The lowest BCUT2D eigenvalue weighted by Gasteiger charge is -2.11. The monoisotopic (exact) mass is 321 g/mol. The summed E-state index contributed by atoms with van der Waals surface area (Å²) < 4.78 is 37.9. The fourth-order valence-corrected chi connectivity index (χ4v) is 2.19. The lowest BCUT2D eigenvalue weighted by Crippen LogP contribution is -2.07. The smallest absolute Gasteiger partial charge is 0.166 e. The van der Waals surface area contributed by atoms with Crippen molar-refractivity contribution in [2.75, 3.05) is 0 Å². The zero-order valence-corrected chi connectivity index (χ0v) is 11.6. The summed E-state index contributed by atoms with van der Waals surface area (Å²) in [6.45, 7) is 1.80. The van der Waals surface area contributed by atoms with Crippen LogP contribution in [0.25, 0.3) is 11.8 Å². The number of hydrogen-bond acceptors (Lipinski definition) is 2. The van der Waals surface area contributed by atoms with E-state index >= 15 is 0 Å². The molecule has 20 heavy (non-hydrogen) atoms. The topological polar surface area (TPSA) is 30.7 Å².